The Hall–Kier alpha value is -1.06. The smallest absolute Gasteiger partial charge is 0.123 e. The Labute approximate surface area is 111 Å². The van der Waals surface area contributed by atoms with E-state index in [1.54, 1.807) is 0 Å². The van der Waals surface area contributed by atoms with E-state index in [-0.39, 0.29) is 0 Å². The molecule has 0 radical (unpaired) electrons. The number of nitrogens with one attached hydrogen (secondary N) is 1. The summed E-state index contributed by atoms with van der Waals surface area (Å²) >= 11 is 0. The summed E-state index contributed by atoms with van der Waals surface area (Å²) in [7, 11) is 2.11. The maximum atomic E-state index is 5.86. The quantitative estimate of drug-likeness (QED) is 0.682. The van der Waals surface area contributed by atoms with Crippen LogP contribution in [0.15, 0.2) is 24.3 Å². The van der Waals surface area contributed by atoms with E-state index in [1.807, 2.05) is 6.07 Å². The van der Waals surface area contributed by atoms with E-state index in [4.69, 9.17) is 4.74 Å². The highest BCUT2D eigenvalue weighted by Gasteiger charge is 2.02. The van der Waals surface area contributed by atoms with E-state index in [9.17, 15) is 0 Å². The summed E-state index contributed by atoms with van der Waals surface area (Å²) in [5, 5.41) is 3.41. The standard InChI is InChI=1S/C15H26N2O/c1-4-10-16-13-14-8-6-7-9-15(14)18-12-11-17(3)5-2/h6-9,16H,4-5,10-13H2,1-3H3. The van der Waals surface area contributed by atoms with Crippen LogP contribution in [-0.4, -0.2) is 38.2 Å². The Kier molecular flexibility index (Phi) is 7.46. The van der Waals surface area contributed by atoms with Crippen LogP contribution in [0, 0.1) is 0 Å². The minimum absolute atomic E-state index is 0.745. The monoisotopic (exact) mass is 250 g/mol. The van der Waals surface area contributed by atoms with Gasteiger partial charge in [0.1, 0.15) is 12.4 Å². The van der Waals surface area contributed by atoms with Gasteiger partial charge in [0.25, 0.3) is 0 Å². The van der Waals surface area contributed by atoms with Crippen molar-refractivity contribution in [2.75, 3.05) is 33.3 Å². The summed E-state index contributed by atoms with van der Waals surface area (Å²) in [4.78, 5) is 2.25. The van der Waals surface area contributed by atoms with Crippen molar-refractivity contribution in [2.45, 2.75) is 26.8 Å². The number of likely N-dealkylation sites (N-methyl/N-ethyl adjacent to an activating group) is 1. The number of rotatable bonds is 9. The Morgan fingerprint density at radius 3 is 2.72 bits per heavy atom. The van der Waals surface area contributed by atoms with Gasteiger partial charge in [0, 0.05) is 18.7 Å². The molecule has 0 unspecified atom stereocenters. The van der Waals surface area contributed by atoms with Gasteiger partial charge in [-0.2, -0.15) is 0 Å². The molecule has 0 spiro atoms. The van der Waals surface area contributed by atoms with E-state index in [0.717, 1.165) is 45.0 Å². The SMILES string of the molecule is CCCNCc1ccccc1OCCN(C)CC. The van der Waals surface area contributed by atoms with Crippen molar-refractivity contribution in [1.82, 2.24) is 10.2 Å². The van der Waals surface area contributed by atoms with Crippen LogP contribution >= 0.6 is 0 Å². The fourth-order valence-corrected chi connectivity index (χ4v) is 1.66. The zero-order valence-corrected chi connectivity index (χ0v) is 11.9. The van der Waals surface area contributed by atoms with Crippen LogP contribution in [-0.2, 0) is 6.54 Å². The van der Waals surface area contributed by atoms with Crippen molar-refractivity contribution in [3.05, 3.63) is 29.8 Å². The maximum Gasteiger partial charge on any atom is 0.123 e. The topological polar surface area (TPSA) is 24.5 Å². The fraction of sp³-hybridized carbons (Fsp3) is 0.600. The molecule has 0 atom stereocenters. The highest BCUT2D eigenvalue weighted by molar-refractivity contribution is 5.33. The molecule has 0 aliphatic heterocycles. The van der Waals surface area contributed by atoms with Crippen LogP contribution in [0.5, 0.6) is 5.75 Å². The van der Waals surface area contributed by atoms with Crippen molar-refractivity contribution >= 4 is 0 Å². The number of ether oxygens (including phenoxy) is 1. The Balaban J connectivity index is 2.43. The molecule has 1 N–H and O–H groups in total. The van der Waals surface area contributed by atoms with E-state index < -0.39 is 0 Å². The van der Waals surface area contributed by atoms with Gasteiger partial charge in [-0.25, -0.2) is 0 Å². The largest absolute Gasteiger partial charge is 0.492 e. The fourth-order valence-electron chi connectivity index (χ4n) is 1.66. The summed E-state index contributed by atoms with van der Waals surface area (Å²) in [5.74, 6) is 1.01. The Morgan fingerprint density at radius 2 is 2.00 bits per heavy atom. The molecule has 0 amide bonds. The van der Waals surface area contributed by atoms with Crippen LogP contribution in [0.4, 0.5) is 0 Å². The first-order valence-electron chi connectivity index (χ1n) is 6.87. The molecule has 102 valence electrons. The van der Waals surface area contributed by atoms with E-state index in [1.165, 1.54) is 5.56 Å². The number of nitrogens with zero attached hydrogens (tertiary/aromatic N) is 1. The molecule has 0 aromatic heterocycles. The van der Waals surface area contributed by atoms with E-state index >= 15 is 0 Å². The average Bonchev–Trinajstić information content (AvgIpc) is 2.40. The van der Waals surface area contributed by atoms with Crippen molar-refractivity contribution in [2.24, 2.45) is 0 Å². The van der Waals surface area contributed by atoms with Crippen LogP contribution in [0.1, 0.15) is 25.8 Å². The molecule has 3 nitrogen and oxygen atoms in total. The summed E-state index contributed by atoms with van der Waals surface area (Å²) in [5.41, 5.74) is 1.24. The van der Waals surface area contributed by atoms with Crippen molar-refractivity contribution < 1.29 is 4.74 Å². The van der Waals surface area contributed by atoms with Crippen LogP contribution in [0.3, 0.4) is 0 Å². The first-order valence-corrected chi connectivity index (χ1v) is 6.87. The third-order valence-electron chi connectivity index (χ3n) is 2.99. The second-order valence-electron chi connectivity index (χ2n) is 4.53. The minimum Gasteiger partial charge on any atom is -0.492 e. The Morgan fingerprint density at radius 1 is 1.22 bits per heavy atom. The predicted molar refractivity (Wildman–Crippen MR) is 77.1 cm³/mol. The van der Waals surface area contributed by atoms with Gasteiger partial charge in [-0.05, 0) is 32.6 Å². The summed E-state index contributed by atoms with van der Waals surface area (Å²) in [6.07, 6.45) is 1.16. The molecule has 0 bridgehead atoms. The summed E-state index contributed by atoms with van der Waals surface area (Å²) < 4.78 is 5.86. The third-order valence-corrected chi connectivity index (χ3v) is 2.99. The maximum absolute atomic E-state index is 5.86. The lowest BCUT2D eigenvalue weighted by molar-refractivity contribution is 0.242. The minimum atomic E-state index is 0.745. The van der Waals surface area contributed by atoms with E-state index in [2.05, 4.69) is 49.3 Å². The van der Waals surface area contributed by atoms with Crippen molar-refractivity contribution in [1.29, 1.82) is 0 Å². The highest BCUT2D eigenvalue weighted by Crippen LogP contribution is 2.17. The molecule has 0 saturated carbocycles. The number of hydrogen-bond acceptors (Lipinski definition) is 3. The second kappa shape index (κ2) is 8.95. The molecule has 0 aliphatic carbocycles. The van der Waals surface area contributed by atoms with Gasteiger partial charge in [0.15, 0.2) is 0 Å². The van der Waals surface area contributed by atoms with Crippen LogP contribution < -0.4 is 10.1 Å². The van der Waals surface area contributed by atoms with Gasteiger partial charge in [-0.3, -0.25) is 0 Å². The molecule has 0 saturated heterocycles. The van der Waals surface area contributed by atoms with Gasteiger partial charge < -0.3 is 15.0 Å². The normalized spacial score (nSPS) is 10.9. The number of benzene rings is 1. The highest BCUT2D eigenvalue weighted by atomic mass is 16.5. The lowest BCUT2D eigenvalue weighted by Gasteiger charge is -2.16. The number of hydrogen-bond donors (Lipinski definition) is 1. The van der Waals surface area contributed by atoms with Crippen LogP contribution in [0.25, 0.3) is 0 Å². The van der Waals surface area contributed by atoms with Crippen LogP contribution in [0.2, 0.25) is 0 Å². The molecule has 1 aromatic carbocycles. The molecule has 1 rings (SSSR count). The lowest BCUT2D eigenvalue weighted by Crippen LogP contribution is -2.24. The molecular weight excluding hydrogens is 224 g/mol. The molecule has 18 heavy (non-hydrogen) atoms. The van der Waals surface area contributed by atoms with Gasteiger partial charge >= 0.3 is 0 Å². The van der Waals surface area contributed by atoms with Gasteiger partial charge in [-0.15, -0.1) is 0 Å². The van der Waals surface area contributed by atoms with Gasteiger partial charge in [0.05, 0.1) is 0 Å². The molecule has 1 aromatic rings. The second-order valence-corrected chi connectivity index (χ2v) is 4.53. The zero-order chi connectivity index (χ0) is 13.2. The van der Waals surface area contributed by atoms with Crippen molar-refractivity contribution in [3.8, 4) is 5.75 Å². The van der Waals surface area contributed by atoms with Gasteiger partial charge in [-0.1, -0.05) is 32.0 Å². The lowest BCUT2D eigenvalue weighted by atomic mass is 10.2. The first-order chi connectivity index (χ1) is 8.77. The zero-order valence-electron chi connectivity index (χ0n) is 11.9. The summed E-state index contributed by atoms with van der Waals surface area (Å²) in [6.45, 7) is 9.03. The summed E-state index contributed by atoms with van der Waals surface area (Å²) in [6, 6.07) is 8.27. The molecule has 0 aliphatic rings. The molecule has 3 heteroatoms. The third kappa shape index (κ3) is 5.52. The van der Waals surface area contributed by atoms with Gasteiger partial charge in [0.2, 0.25) is 0 Å². The molecular formula is C15H26N2O. The molecule has 0 fully saturated rings. The van der Waals surface area contributed by atoms with Crippen molar-refractivity contribution in [3.63, 3.8) is 0 Å². The Bertz CT molecular complexity index is 328. The molecule has 0 heterocycles. The number of para-hydroxylation sites is 1. The average molecular weight is 250 g/mol. The first kappa shape index (κ1) is 15.0. The van der Waals surface area contributed by atoms with E-state index in [0.29, 0.717) is 0 Å². The predicted octanol–water partition coefficient (Wildman–Crippen LogP) is 2.52.